The summed E-state index contributed by atoms with van der Waals surface area (Å²) in [6, 6.07) is 7.19. The van der Waals surface area contributed by atoms with Crippen LogP contribution in [0.2, 0.25) is 0 Å². The fraction of sp³-hybridized carbons (Fsp3) is 0. The molecule has 3 N–H and O–H groups in total. The Morgan fingerprint density at radius 2 is 2.16 bits per heavy atom. The number of ether oxygens (including phenoxy) is 1. The third-order valence-electron chi connectivity index (χ3n) is 2.25. The molecule has 0 saturated heterocycles. The van der Waals surface area contributed by atoms with Crippen LogP contribution in [0.25, 0.3) is 0 Å². The Balaban J connectivity index is 2.22. The van der Waals surface area contributed by atoms with Crippen molar-refractivity contribution in [1.82, 2.24) is 4.98 Å². The predicted molar refractivity (Wildman–Crippen MR) is 70.9 cm³/mol. The third kappa shape index (κ3) is 3.19. The minimum Gasteiger partial charge on any atom is -0.438 e. The Morgan fingerprint density at radius 3 is 2.79 bits per heavy atom. The Hall–Kier alpha value is -2.15. The van der Waals surface area contributed by atoms with Gasteiger partial charge in [-0.2, -0.15) is 0 Å². The number of nitrogens with two attached hydrogens (primary N) is 1. The number of hydrogen-bond donors (Lipinski definition) is 2. The van der Waals surface area contributed by atoms with Gasteiger partial charge < -0.3 is 15.7 Å². The number of pyridine rings is 1. The van der Waals surface area contributed by atoms with Gasteiger partial charge in [-0.1, -0.05) is 5.16 Å². The van der Waals surface area contributed by atoms with Crippen LogP contribution in [0.3, 0.4) is 0 Å². The van der Waals surface area contributed by atoms with E-state index < -0.39 is 5.82 Å². The first-order chi connectivity index (χ1) is 9.10. The molecule has 7 heteroatoms. The second-order valence-electron chi connectivity index (χ2n) is 3.55. The number of halogens is 2. The topological polar surface area (TPSA) is 80.7 Å². The molecule has 98 valence electrons. The van der Waals surface area contributed by atoms with Crippen LogP contribution >= 0.6 is 15.9 Å². The average molecular weight is 326 g/mol. The summed E-state index contributed by atoms with van der Waals surface area (Å²) in [4.78, 5) is 3.98. The van der Waals surface area contributed by atoms with Crippen LogP contribution < -0.4 is 10.5 Å². The zero-order valence-electron chi connectivity index (χ0n) is 9.55. The minimum atomic E-state index is -0.411. The van der Waals surface area contributed by atoms with Crippen molar-refractivity contribution in [2.75, 3.05) is 0 Å². The number of hydrogen-bond acceptors (Lipinski definition) is 4. The molecular formula is C12H9BrFN3O2. The number of aromatic nitrogens is 1. The summed E-state index contributed by atoms with van der Waals surface area (Å²) >= 11 is 3.25. The lowest BCUT2D eigenvalue weighted by Crippen LogP contribution is -2.13. The lowest BCUT2D eigenvalue weighted by atomic mass is 10.3. The molecule has 5 nitrogen and oxygen atoms in total. The van der Waals surface area contributed by atoms with E-state index in [-0.39, 0.29) is 11.7 Å². The van der Waals surface area contributed by atoms with E-state index in [0.29, 0.717) is 15.8 Å². The number of nitrogens with zero attached hydrogens (tertiary/aromatic N) is 2. The summed E-state index contributed by atoms with van der Waals surface area (Å²) in [6.07, 6.45) is 1.39. The standard InChI is InChI=1S/C12H9BrFN3O2/c13-9-3-2-8(14)5-10(9)19-11-4-1-7(6-16-11)12(15)17-18/h1-6,18H,(H2,15,17). The van der Waals surface area contributed by atoms with Crippen molar-refractivity contribution in [3.63, 3.8) is 0 Å². The van der Waals surface area contributed by atoms with Crippen molar-refractivity contribution in [1.29, 1.82) is 0 Å². The second kappa shape index (κ2) is 5.66. The quantitative estimate of drug-likeness (QED) is 0.393. The minimum absolute atomic E-state index is 0.0500. The highest BCUT2D eigenvalue weighted by Gasteiger charge is 2.06. The van der Waals surface area contributed by atoms with Crippen LogP contribution in [-0.4, -0.2) is 16.0 Å². The monoisotopic (exact) mass is 325 g/mol. The largest absolute Gasteiger partial charge is 0.438 e. The van der Waals surface area contributed by atoms with Crippen molar-refractivity contribution in [3.05, 3.63) is 52.4 Å². The van der Waals surface area contributed by atoms with E-state index >= 15 is 0 Å². The molecule has 1 aromatic carbocycles. The molecule has 1 aromatic heterocycles. The van der Waals surface area contributed by atoms with E-state index in [1.54, 1.807) is 6.07 Å². The zero-order chi connectivity index (χ0) is 13.8. The van der Waals surface area contributed by atoms with Crippen molar-refractivity contribution < 1.29 is 14.3 Å². The Morgan fingerprint density at radius 1 is 1.37 bits per heavy atom. The van der Waals surface area contributed by atoms with Crippen molar-refractivity contribution in [2.45, 2.75) is 0 Å². The Bertz CT molecular complexity index is 617. The number of rotatable bonds is 3. The van der Waals surface area contributed by atoms with Gasteiger partial charge in [-0.15, -0.1) is 0 Å². The van der Waals surface area contributed by atoms with Crippen molar-refractivity contribution in [3.8, 4) is 11.6 Å². The van der Waals surface area contributed by atoms with Gasteiger partial charge in [0.1, 0.15) is 11.6 Å². The molecule has 19 heavy (non-hydrogen) atoms. The fourth-order valence-corrected chi connectivity index (χ4v) is 1.65. The number of amidine groups is 1. The Labute approximate surface area is 116 Å². The molecule has 0 aliphatic heterocycles. The summed E-state index contributed by atoms with van der Waals surface area (Å²) < 4.78 is 19.1. The third-order valence-corrected chi connectivity index (χ3v) is 2.90. The lowest BCUT2D eigenvalue weighted by molar-refractivity contribution is 0.318. The van der Waals surface area contributed by atoms with Crippen molar-refractivity contribution in [2.24, 2.45) is 10.9 Å². The number of oxime groups is 1. The van der Waals surface area contributed by atoms with Gasteiger partial charge >= 0.3 is 0 Å². The molecule has 0 radical (unpaired) electrons. The first-order valence-corrected chi connectivity index (χ1v) is 5.96. The maximum Gasteiger partial charge on any atom is 0.219 e. The molecular weight excluding hydrogens is 317 g/mol. The van der Waals surface area contributed by atoms with Gasteiger partial charge in [-0.05, 0) is 34.1 Å². The summed E-state index contributed by atoms with van der Waals surface area (Å²) in [6.45, 7) is 0. The van der Waals surface area contributed by atoms with Gasteiger partial charge in [0.15, 0.2) is 5.84 Å². The highest BCUT2D eigenvalue weighted by Crippen LogP contribution is 2.29. The van der Waals surface area contributed by atoms with Crippen LogP contribution in [0, 0.1) is 5.82 Å². The van der Waals surface area contributed by atoms with Gasteiger partial charge in [0.25, 0.3) is 0 Å². The molecule has 0 unspecified atom stereocenters. The SMILES string of the molecule is N/C(=N/O)c1ccc(Oc2cc(F)ccc2Br)nc1. The van der Waals surface area contributed by atoms with E-state index in [2.05, 4.69) is 26.1 Å². The van der Waals surface area contributed by atoms with E-state index in [4.69, 9.17) is 15.7 Å². The normalized spacial score (nSPS) is 11.4. The van der Waals surface area contributed by atoms with Crippen LogP contribution in [0.5, 0.6) is 11.6 Å². The molecule has 0 spiro atoms. The Kier molecular flexibility index (Phi) is 3.96. The zero-order valence-corrected chi connectivity index (χ0v) is 11.1. The van der Waals surface area contributed by atoms with Gasteiger partial charge in [-0.3, -0.25) is 0 Å². The lowest BCUT2D eigenvalue weighted by Gasteiger charge is -2.07. The molecule has 0 atom stereocenters. The molecule has 2 rings (SSSR count). The van der Waals surface area contributed by atoms with Crippen LogP contribution in [-0.2, 0) is 0 Å². The van der Waals surface area contributed by atoms with Gasteiger partial charge in [0, 0.05) is 23.9 Å². The van der Waals surface area contributed by atoms with Crippen molar-refractivity contribution >= 4 is 21.8 Å². The summed E-state index contributed by atoms with van der Waals surface area (Å²) in [5, 5.41) is 11.4. The molecule has 0 aliphatic carbocycles. The maximum absolute atomic E-state index is 13.1. The molecule has 1 heterocycles. The molecule has 0 saturated carbocycles. The molecule has 0 bridgehead atoms. The smallest absolute Gasteiger partial charge is 0.219 e. The highest BCUT2D eigenvalue weighted by atomic mass is 79.9. The summed E-state index contributed by atoms with van der Waals surface area (Å²) in [7, 11) is 0. The van der Waals surface area contributed by atoms with E-state index in [9.17, 15) is 4.39 Å². The van der Waals surface area contributed by atoms with Crippen LogP contribution in [0.15, 0.2) is 46.2 Å². The summed E-state index contributed by atoms with van der Waals surface area (Å²) in [5.74, 6) is 0.113. The summed E-state index contributed by atoms with van der Waals surface area (Å²) in [5.41, 5.74) is 5.85. The number of benzene rings is 1. The molecule has 0 fully saturated rings. The first-order valence-electron chi connectivity index (χ1n) is 5.17. The fourth-order valence-electron chi connectivity index (χ4n) is 1.32. The van der Waals surface area contributed by atoms with Gasteiger partial charge in [-0.25, -0.2) is 9.37 Å². The van der Waals surface area contributed by atoms with E-state index in [0.717, 1.165) is 0 Å². The van der Waals surface area contributed by atoms with Gasteiger partial charge in [0.2, 0.25) is 5.88 Å². The second-order valence-corrected chi connectivity index (χ2v) is 4.40. The van der Waals surface area contributed by atoms with E-state index in [1.807, 2.05) is 0 Å². The van der Waals surface area contributed by atoms with E-state index in [1.165, 1.54) is 30.5 Å². The van der Waals surface area contributed by atoms with Crippen LogP contribution in [0.1, 0.15) is 5.56 Å². The molecule has 0 aliphatic rings. The highest BCUT2D eigenvalue weighted by molar-refractivity contribution is 9.10. The average Bonchev–Trinajstić information content (AvgIpc) is 2.43. The molecule has 2 aromatic rings. The van der Waals surface area contributed by atoms with Gasteiger partial charge in [0.05, 0.1) is 4.47 Å². The first kappa shape index (κ1) is 13.3. The predicted octanol–water partition coefficient (Wildman–Crippen LogP) is 2.87. The maximum atomic E-state index is 13.1. The van der Waals surface area contributed by atoms with Crippen LogP contribution in [0.4, 0.5) is 4.39 Å². The molecule has 0 amide bonds.